The highest BCUT2D eigenvalue weighted by Crippen LogP contribution is 2.14. The second kappa shape index (κ2) is 7.81. The number of aliphatic hydroxyl groups excluding tert-OH is 1. The maximum absolute atomic E-state index is 12.2. The van der Waals surface area contributed by atoms with Crippen LogP contribution in [0.15, 0.2) is 41.8 Å². The van der Waals surface area contributed by atoms with Gasteiger partial charge in [0.15, 0.2) is 6.61 Å². The Morgan fingerprint density at radius 3 is 2.67 bits per heavy atom. The van der Waals surface area contributed by atoms with Crippen LogP contribution >= 0.6 is 11.3 Å². The summed E-state index contributed by atoms with van der Waals surface area (Å²) in [4.78, 5) is 14.9. The summed E-state index contributed by atoms with van der Waals surface area (Å²) in [6, 6.07) is 11.5. The number of rotatable bonds is 7. The first-order chi connectivity index (χ1) is 10.2. The number of hydrogen-bond acceptors (Lipinski definition) is 4. The van der Waals surface area contributed by atoms with Crippen LogP contribution in [0.1, 0.15) is 10.4 Å². The summed E-state index contributed by atoms with van der Waals surface area (Å²) in [5, 5.41) is 11.1. The standard InChI is InChI=1S/C16H19NO3S/c1-13-4-6-14(7-5-13)20-12-16(19)17(8-9-18)11-15-3-2-10-21-15/h2-7,10,18H,8-9,11-12H2,1H3. The van der Waals surface area contributed by atoms with E-state index in [0.29, 0.717) is 18.8 Å². The molecule has 0 radical (unpaired) electrons. The Bertz CT molecular complexity index is 551. The lowest BCUT2D eigenvalue weighted by atomic mass is 10.2. The number of aryl methyl sites for hydroxylation is 1. The van der Waals surface area contributed by atoms with E-state index in [9.17, 15) is 4.79 Å². The maximum Gasteiger partial charge on any atom is 0.260 e. The number of carbonyl (C=O) groups excluding carboxylic acids is 1. The van der Waals surface area contributed by atoms with Gasteiger partial charge in [0.2, 0.25) is 0 Å². The van der Waals surface area contributed by atoms with Crippen molar-refractivity contribution < 1.29 is 14.6 Å². The average molecular weight is 305 g/mol. The van der Waals surface area contributed by atoms with E-state index >= 15 is 0 Å². The first-order valence-electron chi connectivity index (χ1n) is 6.79. The normalized spacial score (nSPS) is 10.4. The number of carbonyl (C=O) groups is 1. The van der Waals surface area contributed by atoms with Crippen molar-refractivity contribution in [3.63, 3.8) is 0 Å². The number of hydrogen-bond donors (Lipinski definition) is 1. The molecule has 1 aromatic carbocycles. The SMILES string of the molecule is Cc1ccc(OCC(=O)N(CCO)Cc2cccs2)cc1. The number of amides is 1. The second-order valence-corrected chi connectivity index (χ2v) is 5.75. The predicted molar refractivity (Wildman–Crippen MR) is 83.5 cm³/mol. The van der Waals surface area contributed by atoms with E-state index in [1.807, 2.05) is 48.7 Å². The van der Waals surface area contributed by atoms with Gasteiger partial charge in [-0.3, -0.25) is 4.79 Å². The molecule has 0 unspecified atom stereocenters. The molecule has 0 spiro atoms. The lowest BCUT2D eigenvalue weighted by molar-refractivity contribution is -0.134. The number of nitrogens with zero attached hydrogens (tertiary/aromatic N) is 1. The summed E-state index contributed by atoms with van der Waals surface area (Å²) in [5.41, 5.74) is 1.15. The van der Waals surface area contributed by atoms with Crippen LogP contribution in [0, 0.1) is 6.92 Å². The molecule has 0 fully saturated rings. The molecule has 5 heteroatoms. The zero-order chi connectivity index (χ0) is 15.1. The Labute approximate surface area is 128 Å². The summed E-state index contributed by atoms with van der Waals surface area (Å²) >= 11 is 1.59. The summed E-state index contributed by atoms with van der Waals surface area (Å²) in [6.07, 6.45) is 0. The highest BCUT2D eigenvalue weighted by molar-refractivity contribution is 7.09. The van der Waals surface area contributed by atoms with Crippen LogP contribution in [0.2, 0.25) is 0 Å². The molecular weight excluding hydrogens is 286 g/mol. The Kier molecular flexibility index (Phi) is 5.78. The van der Waals surface area contributed by atoms with Gasteiger partial charge in [0.1, 0.15) is 5.75 Å². The zero-order valence-corrected chi connectivity index (χ0v) is 12.8. The molecular formula is C16H19NO3S. The average Bonchev–Trinajstić information content (AvgIpc) is 2.99. The quantitative estimate of drug-likeness (QED) is 0.855. The summed E-state index contributed by atoms with van der Waals surface area (Å²) in [7, 11) is 0. The molecule has 21 heavy (non-hydrogen) atoms. The van der Waals surface area contributed by atoms with E-state index < -0.39 is 0 Å². The van der Waals surface area contributed by atoms with Gasteiger partial charge in [-0.2, -0.15) is 0 Å². The van der Waals surface area contributed by atoms with Crippen LogP contribution in [-0.4, -0.2) is 35.7 Å². The molecule has 0 bridgehead atoms. The number of aliphatic hydroxyl groups is 1. The van der Waals surface area contributed by atoms with Crippen molar-refractivity contribution >= 4 is 17.2 Å². The lowest BCUT2D eigenvalue weighted by Gasteiger charge is -2.21. The molecule has 0 aliphatic heterocycles. The molecule has 1 heterocycles. The van der Waals surface area contributed by atoms with Crippen LogP contribution in [0.4, 0.5) is 0 Å². The van der Waals surface area contributed by atoms with Gasteiger partial charge in [-0.05, 0) is 30.5 Å². The smallest absolute Gasteiger partial charge is 0.260 e. The van der Waals surface area contributed by atoms with Crippen molar-refractivity contribution in [2.24, 2.45) is 0 Å². The van der Waals surface area contributed by atoms with Crippen LogP contribution in [0.5, 0.6) is 5.75 Å². The predicted octanol–water partition coefficient (Wildman–Crippen LogP) is 2.46. The Balaban J connectivity index is 1.90. The van der Waals surface area contributed by atoms with Crippen molar-refractivity contribution in [1.29, 1.82) is 0 Å². The number of ether oxygens (including phenoxy) is 1. The van der Waals surface area contributed by atoms with Gasteiger partial charge in [-0.15, -0.1) is 11.3 Å². The summed E-state index contributed by atoms with van der Waals surface area (Å²) < 4.78 is 5.50. The van der Waals surface area contributed by atoms with Crippen molar-refractivity contribution in [3.05, 3.63) is 52.2 Å². The fraction of sp³-hybridized carbons (Fsp3) is 0.312. The molecule has 2 rings (SSSR count). The van der Waals surface area contributed by atoms with Gasteiger partial charge in [0.05, 0.1) is 13.2 Å². The minimum atomic E-state index is -0.127. The van der Waals surface area contributed by atoms with E-state index in [1.54, 1.807) is 16.2 Å². The van der Waals surface area contributed by atoms with Crippen molar-refractivity contribution in [3.8, 4) is 5.75 Å². The molecule has 1 amide bonds. The highest BCUT2D eigenvalue weighted by atomic mass is 32.1. The van der Waals surface area contributed by atoms with E-state index in [0.717, 1.165) is 10.4 Å². The molecule has 0 saturated heterocycles. The van der Waals surface area contributed by atoms with Crippen LogP contribution in [0.25, 0.3) is 0 Å². The van der Waals surface area contributed by atoms with Gasteiger partial charge >= 0.3 is 0 Å². The minimum absolute atomic E-state index is 0.0194. The number of thiophene rings is 1. The van der Waals surface area contributed by atoms with Gasteiger partial charge in [0, 0.05) is 11.4 Å². The molecule has 4 nitrogen and oxygen atoms in total. The fourth-order valence-corrected chi connectivity index (χ4v) is 2.59. The number of benzene rings is 1. The molecule has 112 valence electrons. The first kappa shape index (κ1) is 15.5. The highest BCUT2D eigenvalue weighted by Gasteiger charge is 2.14. The Morgan fingerprint density at radius 1 is 1.29 bits per heavy atom. The fourth-order valence-electron chi connectivity index (χ4n) is 1.87. The van der Waals surface area contributed by atoms with Crippen LogP contribution < -0.4 is 4.74 Å². The largest absolute Gasteiger partial charge is 0.484 e. The molecule has 1 aromatic heterocycles. The summed E-state index contributed by atoms with van der Waals surface area (Å²) in [6.45, 7) is 2.75. The van der Waals surface area contributed by atoms with E-state index in [4.69, 9.17) is 9.84 Å². The van der Waals surface area contributed by atoms with Crippen LogP contribution in [-0.2, 0) is 11.3 Å². The third-order valence-corrected chi connectivity index (χ3v) is 3.89. The Morgan fingerprint density at radius 2 is 2.05 bits per heavy atom. The van der Waals surface area contributed by atoms with Crippen molar-refractivity contribution in [1.82, 2.24) is 4.90 Å². The molecule has 0 saturated carbocycles. The molecule has 0 atom stereocenters. The third-order valence-electron chi connectivity index (χ3n) is 3.03. The van der Waals surface area contributed by atoms with Gasteiger partial charge in [0.25, 0.3) is 5.91 Å². The van der Waals surface area contributed by atoms with Crippen molar-refractivity contribution in [2.45, 2.75) is 13.5 Å². The third kappa shape index (κ3) is 4.88. The zero-order valence-electron chi connectivity index (χ0n) is 12.0. The van der Waals surface area contributed by atoms with Gasteiger partial charge in [-0.25, -0.2) is 0 Å². The summed E-state index contributed by atoms with van der Waals surface area (Å²) in [5.74, 6) is 0.548. The van der Waals surface area contributed by atoms with E-state index in [2.05, 4.69) is 0 Å². The molecule has 2 aromatic rings. The molecule has 0 aliphatic rings. The van der Waals surface area contributed by atoms with E-state index in [-0.39, 0.29) is 19.1 Å². The van der Waals surface area contributed by atoms with Crippen LogP contribution in [0.3, 0.4) is 0 Å². The minimum Gasteiger partial charge on any atom is -0.484 e. The van der Waals surface area contributed by atoms with E-state index in [1.165, 1.54) is 0 Å². The van der Waals surface area contributed by atoms with Gasteiger partial charge < -0.3 is 14.7 Å². The monoisotopic (exact) mass is 305 g/mol. The Hall–Kier alpha value is -1.85. The topological polar surface area (TPSA) is 49.8 Å². The lowest BCUT2D eigenvalue weighted by Crippen LogP contribution is -2.36. The van der Waals surface area contributed by atoms with Gasteiger partial charge in [-0.1, -0.05) is 23.8 Å². The first-order valence-corrected chi connectivity index (χ1v) is 7.67. The maximum atomic E-state index is 12.2. The molecule has 0 aliphatic carbocycles. The second-order valence-electron chi connectivity index (χ2n) is 4.72. The van der Waals surface area contributed by atoms with Crippen molar-refractivity contribution in [2.75, 3.05) is 19.8 Å². The molecule has 1 N–H and O–H groups in total.